The molecule has 2 saturated heterocycles. The molecule has 2 aliphatic heterocycles. The molecule has 0 saturated carbocycles. The molecule has 2 aromatic rings. The lowest BCUT2D eigenvalue weighted by Crippen LogP contribution is -2.50. The Morgan fingerprint density at radius 2 is 1.80 bits per heavy atom. The van der Waals surface area contributed by atoms with Crippen molar-refractivity contribution in [3.8, 4) is 0 Å². The molecule has 0 aliphatic carbocycles. The van der Waals surface area contributed by atoms with Crippen LogP contribution < -0.4 is 16.0 Å². The molecule has 4 rings (SSSR count). The number of fused-ring (bicyclic) bond motifs is 2. The number of carbonyl (C=O) groups excluding carboxylic acids is 2. The molecule has 2 aliphatic rings. The molecular formula is C23H27ClFN3O2. The van der Waals surface area contributed by atoms with Crippen molar-refractivity contribution in [2.45, 2.75) is 44.2 Å². The summed E-state index contributed by atoms with van der Waals surface area (Å²) in [6.07, 6.45) is 3.84. The van der Waals surface area contributed by atoms with Gasteiger partial charge in [0.1, 0.15) is 5.82 Å². The maximum atomic E-state index is 13.2. The van der Waals surface area contributed by atoms with E-state index in [1.165, 1.54) is 24.3 Å². The molecule has 0 spiro atoms. The van der Waals surface area contributed by atoms with Crippen LogP contribution in [0.2, 0.25) is 0 Å². The van der Waals surface area contributed by atoms with Crippen molar-refractivity contribution in [1.82, 2.24) is 10.6 Å². The maximum Gasteiger partial charge on any atom is 0.228 e. The molecule has 3 atom stereocenters. The third kappa shape index (κ3) is 4.82. The second kappa shape index (κ2) is 9.58. The number of halogens is 2. The lowest BCUT2D eigenvalue weighted by Gasteiger charge is -2.35. The van der Waals surface area contributed by atoms with Gasteiger partial charge >= 0.3 is 0 Å². The monoisotopic (exact) mass is 431 g/mol. The van der Waals surface area contributed by atoms with Crippen molar-refractivity contribution < 1.29 is 14.0 Å². The van der Waals surface area contributed by atoms with Gasteiger partial charge in [0, 0.05) is 30.7 Å². The van der Waals surface area contributed by atoms with E-state index in [0.29, 0.717) is 18.2 Å². The molecule has 2 heterocycles. The van der Waals surface area contributed by atoms with Crippen molar-refractivity contribution in [2.24, 2.45) is 5.41 Å². The molecule has 2 amide bonds. The third-order valence-electron chi connectivity index (χ3n) is 6.10. The first-order valence-electron chi connectivity index (χ1n) is 10.2. The van der Waals surface area contributed by atoms with Gasteiger partial charge in [-0.05, 0) is 55.5 Å². The largest absolute Gasteiger partial charge is 0.355 e. The standard InChI is InChI=1S/C23H26FN3O2.ClH/c24-17-6-8-18(9-7-17)27-21(28)12-13-25-22(29)23(14-16-4-2-1-3-5-16)15-19-10-11-20(23)26-19;/h1-9,19-20,26H,10-15H2,(H,25,29)(H,27,28);1H/t19-,20+,23+;/m0./s1. The fraction of sp³-hybridized carbons (Fsp3) is 0.391. The van der Waals surface area contributed by atoms with Gasteiger partial charge < -0.3 is 16.0 Å². The predicted octanol–water partition coefficient (Wildman–Crippen LogP) is 3.45. The van der Waals surface area contributed by atoms with Gasteiger partial charge in [0.05, 0.1) is 5.41 Å². The molecule has 2 bridgehead atoms. The minimum atomic E-state index is -0.461. The summed E-state index contributed by atoms with van der Waals surface area (Å²) in [5.41, 5.74) is 1.24. The predicted molar refractivity (Wildman–Crippen MR) is 117 cm³/mol. The van der Waals surface area contributed by atoms with Gasteiger partial charge in [0.15, 0.2) is 0 Å². The number of rotatable bonds is 7. The molecule has 3 N–H and O–H groups in total. The molecule has 30 heavy (non-hydrogen) atoms. The Bertz CT molecular complexity index is 878. The molecular weight excluding hydrogens is 405 g/mol. The van der Waals surface area contributed by atoms with Crippen LogP contribution in [0.3, 0.4) is 0 Å². The van der Waals surface area contributed by atoms with Crippen molar-refractivity contribution in [2.75, 3.05) is 11.9 Å². The van der Waals surface area contributed by atoms with Gasteiger partial charge in [-0.3, -0.25) is 9.59 Å². The summed E-state index contributed by atoms with van der Waals surface area (Å²) < 4.78 is 13.0. The van der Waals surface area contributed by atoms with E-state index in [-0.39, 0.29) is 49.0 Å². The molecule has 2 aromatic carbocycles. The summed E-state index contributed by atoms with van der Waals surface area (Å²) in [5.74, 6) is -0.533. The summed E-state index contributed by atoms with van der Waals surface area (Å²) >= 11 is 0. The lowest BCUT2D eigenvalue weighted by molar-refractivity contribution is -0.132. The van der Waals surface area contributed by atoms with E-state index >= 15 is 0 Å². The molecule has 0 unspecified atom stereocenters. The number of carbonyl (C=O) groups is 2. The quantitative estimate of drug-likeness (QED) is 0.629. The highest BCUT2D eigenvalue weighted by atomic mass is 35.5. The molecule has 0 radical (unpaired) electrons. The topological polar surface area (TPSA) is 70.2 Å². The fourth-order valence-electron chi connectivity index (χ4n) is 4.71. The van der Waals surface area contributed by atoms with Gasteiger partial charge in [-0.2, -0.15) is 0 Å². The summed E-state index contributed by atoms with van der Waals surface area (Å²) in [6, 6.07) is 16.3. The number of hydrogen-bond donors (Lipinski definition) is 3. The first-order chi connectivity index (χ1) is 14.0. The Hall–Kier alpha value is -2.44. The summed E-state index contributed by atoms with van der Waals surface area (Å²) in [7, 11) is 0. The Morgan fingerprint density at radius 3 is 2.43 bits per heavy atom. The van der Waals surface area contributed by atoms with Crippen LogP contribution in [0.25, 0.3) is 0 Å². The SMILES string of the molecule is Cl.O=C(CCNC(=O)[C@]1(Cc2ccccc2)C[C@@H]2CC[C@H]1N2)Nc1ccc(F)cc1. The first kappa shape index (κ1) is 22.2. The van der Waals surface area contributed by atoms with Crippen LogP contribution in [0.1, 0.15) is 31.2 Å². The summed E-state index contributed by atoms with van der Waals surface area (Å²) in [5, 5.41) is 9.30. The zero-order valence-corrected chi connectivity index (χ0v) is 17.5. The van der Waals surface area contributed by atoms with Crippen molar-refractivity contribution in [1.29, 1.82) is 0 Å². The Labute approximate surface area is 182 Å². The van der Waals surface area contributed by atoms with Crippen molar-refractivity contribution in [3.05, 3.63) is 66.0 Å². The van der Waals surface area contributed by atoms with E-state index < -0.39 is 5.41 Å². The maximum absolute atomic E-state index is 13.2. The first-order valence-corrected chi connectivity index (χ1v) is 10.2. The Balaban J connectivity index is 0.00000256. The van der Waals surface area contributed by atoms with E-state index in [2.05, 4.69) is 28.1 Å². The Kier molecular flexibility index (Phi) is 7.10. The van der Waals surface area contributed by atoms with Crippen LogP contribution in [-0.4, -0.2) is 30.4 Å². The van der Waals surface area contributed by atoms with E-state index in [4.69, 9.17) is 0 Å². The van der Waals surface area contributed by atoms with E-state index in [1.807, 2.05) is 18.2 Å². The highest BCUT2D eigenvalue weighted by Crippen LogP contribution is 2.45. The molecule has 5 nitrogen and oxygen atoms in total. The normalized spacial score (nSPS) is 24.2. The number of anilines is 1. The fourth-order valence-corrected chi connectivity index (χ4v) is 4.71. The zero-order valence-electron chi connectivity index (χ0n) is 16.7. The van der Waals surface area contributed by atoms with E-state index in [9.17, 15) is 14.0 Å². The molecule has 160 valence electrons. The average Bonchev–Trinajstić information content (AvgIpc) is 3.32. The average molecular weight is 432 g/mol. The van der Waals surface area contributed by atoms with Crippen LogP contribution in [0.15, 0.2) is 54.6 Å². The minimum Gasteiger partial charge on any atom is -0.355 e. The van der Waals surface area contributed by atoms with Crippen LogP contribution >= 0.6 is 12.4 Å². The van der Waals surface area contributed by atoms with Gasteiger partial charge in [0.25, 0.3) is 0 Å². The van der Waals surface area contributed by atoms with Crippen LogP contribution in [0, 0.1) is 11.2 Å². The van der Waals surface area contributed by atoms with Gasteiger partial charge in [0.2, 0.25) is 11.8 Å². The number of nitrogens with one attached hydrogen (secondary N) is 3. The number of amides is 2. The Morgan fingerprint density at radius 1 is 1.07 bits per heavy atom. The van der Waals surface area contributed by atoms with Crippen molar-refractivity contribution >= 4 is 29.9 Å². The minimum absolute atomic E-state index is 0. The smallest absolute Gasteiger partial charge is 0.228 e. The van der Waals surface area contributed by atoms with Gasteiger partial charge in [-0.25, -0.2) is 4.39 Å². The van der Waals surface area contributed by atoms with E-state index in [1.54, 1.807) is 0 Å². The van der Waals surface area contributed by atoms with Gasteiger partial charge in [-0.15, -0.1) is 12.4 Å². The molecule has 0 aromatic heterocycles. The summed E-state index contributed by atoms with van der Waals surface area (Å²) in [6.45, 7) is 0.278. The number of hydrogen-bond acceptors (Lipinski definition) is 3. The third-order valence-corrected chi connectivity index (χ3v) is 6.10. The number of benzene rings is 2. The van der Waals surface area contributed by atoms with Crippen LogP contribution in [0.4, 0.5) is 10.1 Å². The molecule has 7 heteroatoms. The van der Waals surface area contributed by atoms with Crippen molar-refractivity contribution in [3.63, 3.8) is 0 Å². The second-order valence-electron chi connectivity index (χ2n) is 8.08. The van der Waals surface area contributed by atoms with Gasteiger partial charge in [-0.1, -0.05) is 30.3 Å². The molecule has 2 fully saturated rings. The lowest BCUT2D eigenvalue weighted by atomic mass is 9.69. The highest BCUT2D eigenvalue weighted by molar-refractivity contribution is 5.91. The van der Waals surface area contributed by atoms with E-state index in [0.717, 1.165) is 24.8 Å². The van der Waals surface area contributed by atoms with Crippen LogP contribution in [-0.2, 0) is 16.0 Å². The highest BCUT2D eigenvalue weighted by Gasteiger charge is 2.55. The second-order valence-corrected chi connectivity index (χ2v) is 8.08. The summed E-state index contributed by atoms with van der Waals surface area (Å²) in [4.78, 5) is 25.3. The zero-order chi connectivity index (χ0) is 20.3. The van der Waals surface area contributed by atoms with Crippen LogP contribution in [0.5, 0.6) is 0 Å².